The Hall–Kier alpha value is 0.806. The molecule has 2 nitrogen and oxygen atoms in total. The van der Waals surface area contributed by atoms with Gasteiger partial charge in [0.25, 0.3) is 0 Å². The summed E-state index contributed by atoms with van der Waals surface area (Å²) in [5, 5.41) is 10.6. The monoisotopic (exact) mass is 236 g/mol. The second kappa shape index (κ2) is 7.19. The number of carboxylic acids is 1. The van der Waals surface area contributed by atoms with Crippen LogP contribution in [0.5, 0.6) is 0 Å². The minimum absolute atomic E-state index is 0. The first kappa shape index (κ1) is 15.8. The Balaban J connectivity index is -0.000000490. The molecule has 0 saturated carbocycles. The molecule has 0 amide bonds. The molecule has 0 aromatic heterocycles. The van der Waals surface area contributed by atoms with Crippen LogP contribution in [0.25, 0.3) is 10.8 Å². The van der Waals surface area contributed by atoms with Gasteiger partial charge in [0, 0.05) is 0 Å². The van der Waals surface area contributed by atoms with Gasteiger partial charge in [-0.1, -0.05) is 36.4 Å². The van der Waals surface area contributed by atoms with Crippen LogP contribution in [0.3, 0.4) is 0 Å². The molecule has 0 spiro atoms. The Morgan fingerprint density at radius 3 is 2.33 bits per heavy atom. The molecule has 2 rings (SSSR count). The van der Waals surface area contributed by atoms with Crippen LogP contribution in [0.15, 0.2) is 42.5 Å². The van der Waals surface area contributed by atoms with Gasteiger partial charge < -0.3 is 7.96 Å². The van der Waals surface area contributed by atoms with Crippen LogP contribution < -0.4 is 80.9 Å². The first-order valence-electron chi connectivity index (χ1n) is 4.00. The third-order valence-corrected chi connectivity index (χ3v) is 2.02. The topological polar surface area (TPSA) is 37.3 Å². The fourth-order valence-electron chi connectivity index (χ4n) is 1.41. The van der Waals surface area contributed by atoms with E-state index in [2.05, 4.69) is 0 Å². The van der Waals surface area contributed by atoms with E-state index in [1.807, 2.05) is 30.3 Å². The Morgan fingerprint density at radius 2 is 1.67 bits per heavy atom. The summed E-state index contributed by atoms with van der Waals surface area (Å²) in [4.78, 5) is 10.8. The van der Waals surface area contributed by atoms with Gasteiger partial charge in [0.1, 0.15) is 0 Å². The zero-order chi connectivity index (χ0) is 9.26. The molecule has 0 fully saturated rings. The van der Waals surface area contributed by atoms with Gasteiger partial charge in [-0.15, -0.1) is 0 Å². The zero-order valence-electron chi connectivity index (χ0n) is 10.9. The molecule has 0 aliphatic heterocycles. The molecule has 68 valence electrons. The summed E-state index contributed by atoms with van der Waals surface area (Å²) in [6.45, 7) is 0. The van der Waals surface area contributed by atoms with E-state index in [0.29, 0.717) is 5.56 Å². The normalized spacial score (nSPS) is 8.80. The number of benzene rings is 2. The van der Waals surface area contributed by atoms with Crippen molar-refractivity contribution in [3.8, 4) is 0 Å². The molecule has 0 unspecified atom stereocenters. The fraction of sp³-hybridized carbons (Fsp3) is 0. The summed E-state index contributed by atoms with van der Waals surface area (Å²) >= 11 is 0. The molecular weight excluding hydrogens is 226 g/mol. The van der Waals surface area contributed by atoms with Crippen molar-refractivity contribution in [2.24, 2.45) is 0 Å². The van der Waals surface area contributed by atoms with E-state index in [1.165, 1.54) is 0 Å². The van der Waals surface area contributed by atoms with Crippen LogP contribution in [0.2, 0.25) is 0 Å². The maximum atomic E-state index is 10.8. The SMILES string of the molecule is O=C(O)c1cccc2ccccc12.[H-].[H-].[K+].[Na+]. The van der Waals surface area contributed by atoms with Crippen molar-refractivity contribution in [3.05, 3.63) is 48.0 Å². The summed E-state index contributed by atoms with van der Waals surface area (Å²) in [5.41, 5.74) is 0.359. The van der Waals surface area contributed by atoms with Crippen LogP contribution in [-0.4, -0.2) is 11.1 Å². The van der Waals surface area contributed by atoms with E-state index in [-0.39, 0.29) is 83.8 Å². The maximum absolute atomic E-state index is 10.8. The van der Waals surface area contributed by atoms with Gasteiger partial charge in [0.05, 0.1) is 5.56 Å². The average Bonchev–Trinajstić information content (AvgIpc) is 2.17. The quantitative estimate of drug-likeness (QED) is 0.529. The van der Waals surface area contributed by atoms with Crippen LogP contribution in [0.4, 0.5) is 0 Å². The molecule has 4 heteroatoms. The Kier molecular flexibility index (Phi) is 7.58. The molecule has 0 heterocycles. The van der Waals surface area contributed by atoms with E-state index < -0.39 is 5.97 Å². The molecule has 2 aromatic carbocycles. The maximum Gasteiger partial charge on any atom is 1.00 e. The molecule has 0 bridgehead atoms. The van der Waals surface area contributed by atoms with Crippen molar-refractivity contribution in [2.75, 3.05) is 0 Å². The van der Waals surface area contributed by atoms with Crippen molar-refractivity contribution in [1.29, 1.82) is 0 Å². The summed E-state index contributed by atoms with van der Waals surface area (Å²) in [5.74, 6) is -0.878. The molecule has 0 atom stereocenters. The van der Waals surface area contributed by atoms with E-state index >= 15 is 0 Å². The van der Waals surface area contributed by atoms with Gasteiger partial charge in [0.15, 0.2) is 0 Å². The minimum atomic E-state index is -0.878. The van der Waals surface area contributed by atoms with Crippen molar-refractivity contribution in [1.82, 2.24) is 0 Å². The number of carboxylic acid groups (broad SMARTS) is 1. The van der Waals surface area contributed by atoms with Crippen LogP contribution in [0.1, 0.15) is 13.2 Å². The summed E-state index contributed by atoms with van der Waals surface area (Å²) in [6, 6.07) is 12.7. The number of fused-ring (bicyclic) bond motifs is 1. The first-order chi connectivity index (χ1) is 6.29. The zero-order valence-corrected chi connectivity index (χ0v) is 14.0. The Labute approximate surface area is 156 Å². The van der Waals surface area contributed by atoms with E-state index in [9.17, 15) is 4.79 Å². The Bertz CT molecular complexity index is 474. The summed E-state index contributed by atoms with van der Waals surface area (Å²) in [6.07, 6.45) is 0. The number of hydrogen-bond donors (Lipinski definition) is 1. The van der Waals surface area contributed by atoms with Gasteiger partial charge in [-0.3, -0.25) is 0 Å². The van der Waals surface area contributed by atoms with E-state index in [0.717, 1.165) is 10.8 Å². The van der Waals surface area contributed by atoms with Crippen molar-refractivity contribution in [2.45, 2.75) is 0 Å². The number of carbonyl (C=O) groups is 1. The van der Waals surface area contributed by atoms with E-state index in [1.54, 1.807) is 12.1 Å². The van der Waals surface area contributed by atoms with Gasteiger partial charge in [-0.05, 0) is 16.8 Å². The molecule has 0 aliphatic rings. The second-order valence-corrected chi connectivity index (χ2v) is 2.83. The largest absolute Gasteiger partial charge is 1.00 e. The average molecular weight is 236 g/mol. The van der Waals surface area contributed by atoms with Gasteiger partial charge in [0.2, 0.25) is 0 Å². The predicted octanol–water partition coefficient (Wildman–Crippen LogP) is -3.23. The summed E-state index contributed by atoms with van der Waals surface area (Å²) < 4.78 is 0. The van der Waals surface area contributed by atoms with Crippen molar-refractivity contribution >= 4 is 16.7 Å². The molecule has 1 N–H and O–H groups in total. The minimum Gasteiger partial charge on any atom is -1.00 e. The smallest absolute Gasteiger partial charge is 1.00 e. The molecule has 0 saturated heterocycles. The second-order valence-electron chi connectivity index (χ2n) is 2.83. The predicted molar refractivity (Wildman–Crippen MR) is 53.1 cm³/mol. The van der Waals surface area contributed by atoms with Crippen molar-refractivity contribution in [3.63, 3.8) is 0 Å². The molecule has 0 aliphatic carbocycles. The van der Waals surface area contributed by atoms with Gasteiger partial charge >= 0.3 is 86.9 Å². The van der Waals surface area contributed by atoms with Crippen LogP contribution in [-0.2, 0) is 0 Å². The number of rotatable bonds is 1. The Morgan fingerprint density at radius 1 is 1.07 bits per heavy atom. The van der Waals surface area contributed by atoms with Gasteiger partial charge in [-0.2, -0.15) is 0 Å². The van der Waals surface area contributed by atoms with E-state index in [4.69, 9.17) is 5.11 Å². The summed E-state index contributed by atoms with van der Waals surface area (Å²) in [7, 11) is 0. The number of hydrogen-bond acceptors (Lipinski definition) is 1. The molecule has 2 aromatic rings. The first-order valence-corrected chi connectivity index (χ1v) is 4.00. The third kappa shape index (κ3) is 3.65. The van der Waals surface area contributed by atoms with Crippen molar-refractivity contribution < 1.29 is 93.7 Å². The third-order valence-electron chi connectivity index (χ3n) is 2.02. The molecular formula is C11H10KNaO2. The van der Waals surface area contributed by atoms with Crippen LogP contribution in [0, 0.1) is 0 Å². The fourth-order valence-corrected chi connectivity index (χ4v) is 1.41. The number of aromatic carboxylic acids is 1. The molecule has 15 heavy (non-hydrogen) atoms. The molecule has 0 radical (unpaired) electrons. The standard InChI is InChI=1S/C11H8O2.K.Na.2H/c12-11(13)10-7-3-5-8-4-1-2-6-9(8)10;;;;/h1-7H,(H,12,13);;;;/q;2*+1;2*-1. The van der Waals surface area contributed by atoms with Crippen LogP contribution >= 0.6 is 0 Å². The van der Waals surface area contributed by atoms with Gasteiger partial charge in [-0.25, -0.2) is 4.79 Å².